The van der Waals surface area contributed by atoms with Gasteiger partial charge in [-0.2, -0.15) is 5.26 Å². The normalized spacial score (nSPS) is 10.1. The zero-order valence-corrected chi connectivity index (χ0v) is 4.46. The molecule has 0 fully saturated rings. The van der Waals surface area contributed by atoms with Crippen molar-refractivity contribution in [3.63, 3.8) is 0 Å². The standard InChI is InChI=1S/C5H7N3/c1-2-8-5(7)3-4-6/h2H,1,3H2,(H2,7,8). The van der Waals surface area contributed by atoms with E-state index in [0.29, 0.717) is 5.84 Å². The van der Waals surface area contributed by atoms with Gasteiger partial charge in [0.15, 0.2) is 0 Å². The van der Waals surface area contributed by atoms with Crippen molar-refractivity contribution in [1.29, 1.82) is 5.26 Å². The fourth-order valence-corrected chi connectivity index (χ4v) is 0.244. The van der Waals surface area contributed by atoms with Crippen LogP contribution in [0.25, 0.3) is 0 Å². The van der Waals surface area contributed by atoms with Crippen LogP contribution in [0.4, 0.5) is 0 Å². The molecule has 0 heterocycles. The highest BCUT2D eigenvalue weighted by atomic mass is 14.8. The molecule has 0 aromatic rings. The Labute approximate surface area is 48.1 Å². The maximum absolute atomic E-state index is 8.02. The summed E-state index contributed by atoms with van der Waals surface area (Å²) >= 11 is 0. The first-order valence-electron chi connectivity index (χ1n) is 2.11. The topological polar surface area (TPSA) is 62.2 Å². The minimum atomic E-state index is 0.173. The Morgan fingerprint density at radius 3 is 3.00 bits per heavy atom. The van der Waals surface area contributed by atoms with Crippen molar-refractivity contribution in [1.82, 2.24) is 0 Å². The molecule has 0 atom stereocenters. The van der Waals surface area contributed by atoms with Crippen molar-refractivity contribution in [3.8, 4) is 6.07 Å². The summed E-state index contributed by atoms with van der Waals surface area (Å²) < 4.78 is 0. The van der Waals surface area contributed by atoms with Crippen LogP contribution in [0.2, 0.25) is 0 Å². The molecule has 8 heavy (non-hydrogen) atoms. The highest BCUT2D eigenvalue weighted by Crippen LogP contribution is 1.76. The molecule has 0 amide bonds. The number of nitrogens with two attached hydrogens (primary N) is 1. The number of nitriles is 1. The molecule has 2 N–H and O–H groups in total. The van der Waals surface area contributed by atoms with E-state index in [1.807, 2.05) is 6.07 Å². The predicted molar refractivity (Wildman–Crippen MR) is 32.0 cm³/mol. The van der Waals surface area contributed by atoms with E-state index in [1.54, 1.807) is 0 Å². The fraction of sp³-hybridized carbons (Fsp3) is 0.200. The number of aliphatic imine (C=N–C) groups is 1. The summed E-state index contributed by atoms with van der Waals surface area (Å²) in [7, 11) is 0. The van der Waals surface area contributed by atoms with Gasteiger partial charge in [-0.25, -0.2) is 4.99 Å². The molecule has 0 aromatic carbocycles. The smallest absolute Gasteiger partial charge is 0.113 e. The van der Waals surface area contributed by atoms with Crippen molar-refractivity contribution in [3.05, 3.63) is 12.8 Å². The third kappa shape index (κ3) is 2.91. The van der Waals surface area contributed by atoms with Crippen LogP contribution < -0.4 is 5.73 Å². The van der Waals surface area contributed by atoms with Gasteiger partial charge >= 0.3 is 0 Å². The van der Waals surface area contributed by atoms with Gasteiger partial charge in [-0.05, 0) is 0 Å². The van der Waals surface area contributed by atoms with Crippen molar-refractivity contribution in [2.24, 2.45) is 10.7 Å². The second-order valence-corrected chi connectivity index (χ2v) is 1.14. The minimum Gasteiger partial charge on any atom is -0.386 e. The van der Waals surface area contributed by atoms with Gasteiger partial charge in [-0.3, -0.25) is 0 Å². The molecule has 0 saturated carbocycles. The Balaban J connectivity index is 3.65. The van der Waals surface area contributed by atoms with Crippen LogP contribution in [0.15, 0.2) is 17.8 Å². The first kappa shape index (κ1) is 6.70. The molecule has 0 rings (SSSR count). The van der Waals surface area contributed by atoms with E-state index < -0.39 is 0 Å². The molecule has 0 aliphatic rings. The number of hydrogen-bond donors (Lipinski definition) is 1. The molecule has 42 valence electrons. The van der Waals surface area contributed by atoms with Crippen LogP contribution in [0.5, 0.6) is 0 Å². The lowest BCUT2D eigenvalue weighted by atomic mass is 10.4. The molecule has 0 unspecified atom stereocenters. The molecule has 0 aliphatic carbocycles. The molecular formula is C5H7N3. The van der Waals surface area contributed by atoms with E-state index in [-0.39, 0.29) is 6.42 Å². The van der Waals surface area contributed by atoms with E-state index in [0.717, 1.165) is 0 Å². The lowest BCUT2D eigenvalue weighted by Crippen LogP contribution is -2.08. The van der Waals surface area contributed by atoms with Crippen LogP contribution in [0, 0.1) is 11.3 Å². The van der Waals surface area contributed by atoms with Crippen LogP contribution in [0.1, 0.15) is 6.42 Å². The van der Waals surface area contributed by atoms with Crippen molar-refractivity contribution in [2.45, 2.75) is 6.42 Å². The van der Waals surface area contributed by atoms with E-state index >= 15 is 0 Å². The molecule has 0 aliphatic heterocycles. The SMILES string of the molecule is C=CN=C(N)CC#N. The van der Waals surface area contributed by atoms with E-state index in [9.17, 15) is 0 Å². The Morgan fingerprint density at radius 2 is 2.62 bits per heavy atom. The molecule has 0 aromatic heterocycles. The number of nitrogens with zero attached hydrogens (tertiary/aromatic N) is 2. The number of hydrogen-bond acceptors (Lipinski definition) is 2. The van der Waals surface area contributed by atoms with Gasteiger partial charge in [-0.1, -0.05) is 6.58 Å². The van der Waals surface area contributed by atoms with Gasteiger partial charge in [0.05, 0.1) is 12.5 Å². The summed E-state index contributed by atoms with van der Waals surface area (Å²) in [6.45, 7) is 3.31. The van der Waals surface area contributed by atoms with Crippen LogP contribution >= 0.6 is 0 Å². The summed E-state index contributed by atoms with van der Waals surface area (Å²) in [5.74, 6) is 0.308. The zero-order chi connectivity index (χ0) is 6.41. The summed E-state index contributed by atoms with van der Waals surface area (Å²) in [4.78, 5) is 3.55. The Hall–Kier alpha value is -1.30. The van der Waals surface area contributed by atoms with Gasteiger partial charge in [0, 0.05) is 6.20 Å². The highest BCUT2D eigenvalue weighted by molar-refractivity contribution is 5.82. The second kappa shape index (κ2) is 3.88. The summed E-state index contributed by atoms with van der Waals surface area (Å²) in [6.07, 6.45) is 1.48. The average molecular weight is 109 g/mol. The first-order chi connectivity index (χ1) is 3.81. The molecule has 0 spiro atoms. The van der Waals surface area contributed by atoms with Crippen LogP contribution in [0.3, 0.4) is 0 Å². The molecule has 0 bridgehead atoms. The lowest BCUT2D eigenvalue weighted by molar-refractivity contribution is 1.34. The van der Waals surface area contributed by atoms with Gasteiger partial charge in [-0.15, -0.1) is 0 Å². The third-order valence-corrected chi connectivity index (χ3v) is 0.517. The van der Waals surface area contributed by atoms with E-state index in [4.69, 9.17) is 11.0 Å². The van der Waals surface area contributed by atoms with Crippen molar-refractivity contribution >= 4 is 5.84 Å². The lowest BCUT2D eigenvalue weighted by Gasteiger charge is -1.84. The summed E-state index contributed by atoms with van der Waals surface area (Å²) in [6, 6.07) is 1.85. The maximum atomic E-state index is 8.02. The van der Waals surface area contributed by atoms with Crippen molar-refractivity contribution < 1.29 is 0 Å². The molecule has 0 saturated heterocycles. The zero-order valence-electron chi connectivity index (χ0n) is 4.46. The summed E-state index contributed by atoms with van der Waals surface area (Å²) in [5, 5.41) is 8.02. The van der Waals surface area contributed by atoms with Crippen molar-refractivity contribution in [2.75, 3.05) is 0 Å². The summed E-state index contributed by atoms with van der Waals surface area (Å²) in [5.41, 5.74) is 5.15. The highest BCUT2D eigenvalue weighted by Gasteiger charge is 1.83. The fourth-order valence-electron chi connectivity index (χ4n) is 0.244. The second-order valence-electron chi connectivity index (χ2n) is 1.14. The predicted octanol–water partition coefficient (Wildman–Crippen LogP) is 0.401. The Kier molecular flexibility index (Phi) is 3.25. The molecule has 3 heteroatoms. The largest absolute Gasteiger partial charge is 0.386 e. The van der Waals surface area contributed by atoms with Gasteiger partial charge in [0.1, 0.15) is 5.84 Å². The van der Waals surface area contributed by atoms with Gasteiger partial charge < -0.3 is 5.73 Å². The molecular weight excluding hydrogens is 102 g/mol. The Morgan fingerprint density at radius 1 is 2.00 bits per heavy atom. The van der Waals surface area contributed by atoms with Gasteiger partial charge in [0.25, 0.3) is 0 Å². The first-order valence-corrected chi connectivity index (χ1v) is 2.11. The van der Waals surface area contributed by atoms with E-state index in [1.165, 1.54) is 6.20 Å². The molecule has 3 nitrogen and oxygen atoms in total. The average Bonchev–Trinajstić information content (AvgIpc) is 1.68. The number of amidine groups is 1. The van der Waals surface area contributed by atoms with Crippen LogP contribution in [-0.2, 0) is 0 Å². The third-order valence-electron chi connectivity index (χ3n) is 0.517. The number of rotatable bonds is 2. The molecule has 0 radical (unpaired) electrons. The van der Waals surface area contributed by atoms with E-state index in [2.05, 4.69) is 11.6 Å². The van der Waals surface area contributed by atoms with Crippen LogP contribution in [-0.4, -0.2) is 5.84 Å². The minimum absolute atomic E-state index is 0.173. The quantitative estimate of drug-likeness (QED) is 0.412. The monoisotopic (exact) mass is 109 g/mol. The maximum Gasteiger partial charge on any atom is 0.113 e. The van der Waals surface area contributed by atoms with Gasteiger partial charge in [0.2, 0.25) is 0 Å². The Bertz CT molecular complexity index is 140.